The molecule has 0 radical (unpaired) electrons. The summed E-state index contributed by atoms with van der Waals surface area (Å²) in [6.45, 7) is 4.11. The molecule has 0 atom stereocenters. The van der Waals surface area contributed by atoms with Crippen molar-refractivity contribution in [2.75, 3.05) is 7.11 Å². The number of methoxy groups -OCH3 is 1. The molecule has 0 bridgehead atoms. The molecule has 0 amide bonds. The minimum Gasteiger partial charge on any atom is -0.497 e. The van der Waals surface area contributed by atoms with Crippen molar-refractivity contribution in [2.24, 2.45) is 0 Å². The highest BCUT2D eigenvalue weighted by atomic mass is 16.5. The van der Waals surface area contributed by atoms with Gasteiger partial charge in [-0.1, -0.05) is 35.9 Å². The van der Waals surface area contributed by atoms with Gasteiger partial charge in [0.2, 0.25) is 0 Å². The number of para-hydroxylation sites is 2. The maximum atomic E-state index is 13.4. The smallest absolute Gasteiger partial charge is 0.196 e. The Labute approximate surface area is 169 Å². The number of aromatic amines is 1. The van der Waals surface area contributed by atoms with Crippen LogP contribution in [0.3, 0.4) is 0 Å². The first-order valence-corrected chi connectivity index (χ1v) is 9.48. The molecule has 144 valence electrons. The highest BCUT2D eigenvalue weighted by Gasteiger charge is 2.18. The van der Waals surface area contributed by atoms with Crippen LogP contribution < -0.4 is 4.74 Å². The van der Waals surface area contributed by atoms with Gasteiger partial charge in [0.1, 0.15) is 11.6 Å². The summed E-state index contributed by atoms with van der Waals surface area (Å²) in [5, 5.41) is 0. The minimum atomic E-state index is -0.0910. The fourth-order valence-electron chi connectivity index (χ4n) is 3.36. The van der Waals surface area contributed by atoms with Crippen LogP contribution in [0.5, 0.6) is 5.75 Å². The number of fused-ring (bicyclic) bond motifs is 1. The molecule has 0 aliphatic heterocycles. The quantitative estimate of drug-likeness (QED) is 0.360. The van der Waals surface area contributed by atoms with Gasteiger partial charge in [0.25, 0.3) is 0 Å². The van der Waals surface area contributed by atoms with Crippen molar-refractivity contribution in [1.29, 1.82) is 0 Å². The number of aryl methyl sites for hydroxylation is 2. The number of imidazole rings is 1. The fraction of sp³-hybridized carbons (Fsp3) is 0.120. The Kier molecular flexibility index (Phi) is 5.00. The second-order valence-electron chi connectivity index (χ2n) is 7.08. The Morgan fingerprint density at radius 3 is 2.45 bits per heavy atom. The first-order valence-electron chi connectivity index (χ1n) is 9.48. The average molecular weight is 382 g/mol. The third-order valence-corrected chi connectivity index (χ3v) is 4.97. The van der Waals surface area contributed by atoms with Crippen LogP contribution in [0.4, 0.5) is 0 Å². The lowest BCUT2D eigenvalue weighted by Gasteiger charge is -2.08. The number of ketones is 1. The van der Waals surface area contributed by atoms with Gasteiger partial charge < -0.3 is 9.72 Å². The number of Topliss-reactive ketones (excluding diaryl/α,β-unsaturated/α-hetero) is 1. The number of aromatic nitrogens is 2. The molecule has 29 heavy (non-hydrogen) atoms. The number of hydrogen-bond donors (Lipinski definition) is 1. The third kappa shape index (κ3) is 3.83. The second kappa shape index (κ2) is 7.76. The number of nitrogens with one attached hydrogen (secondary N) is 1. The van der Waals surface area contributed by atoms with Crippen molar-refractivity contribution in [2.45, 2.75) is 13.8 Å². The van der Waals surface area contributed by atoms with Crippen LogP contribution >= 0.6 is 0 Å². The molecule has 0 aliphatic rings. The number of rotatable bonds is 5. The van der Waals surface area contributed by atoms with E-state index < -0.39 is 0 Å². The van der Waals surface area contributed by atoms with Gasteiger partial charge in [-0.15, -0.1) is 0 Å². The van der Waals surface area contributed by atoms with Gasteiger partial charge in [0, 0.05) is 5.56 Å². The Morgan fingerprint density at radius 1 is 1.00 bits per heavy atom. The van der Waals surface area contributed by atoms with Gasteiger partial charge in [-0.05, 0) is 67.4 Å². The molecule has 4 rings (SSSR count). The first kappa shape index (κ1) is 18.7. The maximum Gasteiger partial charge on any atom is 0.196 e. The predicted molar refractivity (Wildman–Crippen MR) is 117 cm³/mol. The van der Waals surface area contributed by atoms with Gasteiger partial charge >= 0.3 is 0 Å². The Hall–Kier alpha value is -3.66. The number of H-pyrrole nitrogens is 1. The molecular formula is C25H22N2O2. The number of allylic oxidation sites excluding steroid dienone is 1. The van der Waals surface area contributed by atoms with Crippen molar-refractivity contribution in [3.8, 4) is 5.75 Å². The van der Waals surface area contributed by atoms with E-state index in [9.17, 15) is 4.79 Å². The number of hydrogen-bond acceptors (Lipinski definition) is 3. The van der Waals surface area contributed by atoms with Crippen molar-refractivity contribution in [3.05, 3.63) is 94.8 Å². The van der Waals surface area contributed by atoms with Crippen LogP contribution in [-0.2, 0) is 0 Å². The highest BCUT2D eigenvalue weighted by Crippen LogP contribution is 2.26. The highest BCUT2D eigenvalue weighted by molar-refractivity contribution is 6.32. The fourth-order valence-corrected chi connectivity index (χ4v) is 3.36. The molecule has 0 unspecified atom stereocenters. The lowest BCUT2D eigenvalue weighted by atomic mass is 9.97. The van der Waals surface area contributed by atoms with E-state index in [0.29, 0.717) is 22.7 Å². The molecule has 0 saturated carbocycles. The summed E-state index contributed by atoms with van der Waals surface area (Å²) in [5.74, 6) is 1.18. The molecule has 0 fully saturated rings. The van der Waals surface area contributed by atoms with Gasteiger partial charge in [-0.3, -0.25) is 4.79 Å². The Balaban J connectivity index is 1.85. The largest absolute Gasteiger partial charge is 0.497 e. The monoisotopic (exact) mass is 382 g/mol. The molecule has 0 spiro atoms. The number of carbonyl (C=O) groups excluding carboxylic acids is 1. The Bertz CT molecular complexity index is 1180. The van der Waals surface area contributed by atoms with E-state index in [0.717, 1.165) is 22.2 Å². The zero-order chi connectivity index (χ0) is 20.4. The van der Waals surface area contributed by atoms with E-state index in [1.54, 1.807) is 31.4 Å². The molecule has 4 heteroatoms. The van der Waals surface area contributed by atoms with Crippen molar-refractivity contribution >= 4 is 28.5 Å². The maximum absolute atomic E-state index is 13.4. The molecule has 3 aromatic carbocycles. The molecule has 1 heterocycles. The number of carbonyl (C=O) groups is 1. The molecule has 1 N–H and O–H groups in total. The van der Waals surface area contributed by atoms with E-state index in [-0.39, 0.29) is 5.78 Å². The van der Waals surface area contributed by atoms with E-state index in [1.165, 1.54) is 5.56 Å². The van der Waals surface area contributed by atoms with Crippen LogP contribution in [0.25, 0.3) is 22.7 Å². The van der Waals surface area contributed by atoms with E-state index in [1.807, 2.05) is 49.4 Å². The zero-order valence-electron chi connectivity index (χ0n) is 16.7. The van der Waals surface area contributed by atoms with Crippen LogP contribution in [0.1, 0.15) is 32.9 Å². The molecular weight excluding hydrogens is 360 g/mol. The van der Waals surface area contributed by atoms with Crippen LogP contribution in [0.2, 0.25) is 0 Å². The summed E-state index contributed by atoms with van der Waals surface area (Å²) >= 11 is 0. The SMILES string of the molecule is COc1ccc(C(=O)C(=Cc2ccc(C)cc2C)c2nc3ccccc3[nH]2)cc1. The second-order valence-corrected chi connectivity index (χ2v) is 7.08. The molecule has 1 aromatic heterocycles. The van der Waals surface area contributed by atoms with Gasteiger partial charge in [-0.25, -0.2) is 4.98 Å². The van der Waals surface area contributed by atoms with Crippen molar-refractivity contribution < 1.29 is 9.53 Å². The standard InChI is InChI=1S/C25H22N2O2/c1-16-8-9-19(17(2)14-16)15-21(24(28)18-10-12-20(29-3)13-11-18)25-26-22-6-4-5-7-23(22)27-25/h4-15H,1-3H3,(H,26,27). The summed E-state index contributed by atoms with van der Waals surface area (Å²) in [4.78, 5) is 21.4. The first-order chi connectivity index (χ1) is 14.0. The number of benzene rings is 3. The molecule has 0 aliphatic carbocycles. The summed E-state index contributed by atoms with van der Waals surface area (Å²) in [7, 11) is 1.61. The molecule has 4 nitrogen and oxygen atoms in total. The van der Waals surface area contributed by atoms with Crippen molar-refractivity contribution in [3.63, 3.8) is 0 Å². The van der Waals surface area contributed by atoms with E-state index >= 15 is 0 Å². The van der Waals surface area contributed by atoms with Crippen LogP contribution in [-0.4, -0.2) is 22.9 Å². The van der Waals surface area contributed by atoms with Gasteiger partial charge in [-0.2, -0.15) is 0 Å². The van der Waals surface area contributed by atoms with Crippen molar-refractivity contribution in [1.82, 2.24) is 9.97 Å². The van der Waals surface area contributed by atoms with Crippen LogP contribution in [0, 0.1) is 13.8 Å². The van der Waals surface area contributed by atoms with Gasteiger partial charge in [0.05, 0.1) is 23.7 Å². The van der Waals surface area contributed by atoms with E-state index in [4.69, 9.17) is 4.74 Å². The summed E-state index contributed by atoms with van der Waals surface area (Å²) in [6, 6.07) is 21.1. The average Bonchev–Trinajstić information content (AvgIpc) is 3.16. The summed E-state index contributed by atoms with van der Waals surface area (Å²) in [5.41, 5.74) is 6.13. The lowest BCUT2D eigenvalue weighted by Crippen LogP contribution is -2.05. The Morgan fingerprint density at radius 2 is 1.76 bits per heavy atom. The summed E-state index contributed by atoms with van der Waals surface area (Å²) < 4.78 is 5.21. The molecule has 0 saturated heterocycles. The van der Waals surface area contributed by atoms with E-state index in [2.05, 4.69) is 23.0 Å². The van der Waals surface area contributed by atoms with Crippen LogP contribution in [0.15, 0.2) is 66.7 Å². The predicted octanol–water partition coefficient (Wildman–Crippen LogP) is 5.61. The number of ether oxygens (including phenoxy) is 1. The molecule has 4 aromatic rings. The minimum absolute atomic E-state index is 0.0910. The number of nitrogens with zero attached hydrogens (tertiary/aromatic N) is 1. The summed E-state index contributed by atoms with van der Waals surface area (Å²) in [6.07, 6.45) is 1.92. The lowest BCUT2D eigenvalue weighted by molar-refractivity contribution is 0.105. The third-order valence-electron chi connectivity index (χ3n) is 4.97. The topological polar surface area (TPSA) is 55.0 Å². The normalized spacial score (nSPS) is 11.6. The zero-order valence-corrected chi connectivity index (χ0v) is 16.7. The van der Waals surface area contributed by atoms with Gasteiger partial charge in [0.15, 0.2) is 5.78 Å².